The molecule has 0 aliphatic heterocycles. The molecule has 1 N–H and O–H groups in total. The molecule has 250 valence electrons. The van der Waals surface area contributed by atoms with Gasteiger partial charge < -0.3 is 23.7 Å². The second kappa shape index (κ2) is 15.0. The number of hydrogen-bond donors (Lipinski definition) is 1. The van der Waals surface area contributed by atoms with E-state index in [1.807, 2.05) is 78.5 Å². The lowest BCUT2D eigenvalue weighted by atomic mass is 10.1. The van der Waals surface area contributed by atoms with E-state index in [4.69, 9.17) is 33.8 Å². The molecular weight excluding hydrogens is 641 g/mol. The Morgan fingerprint density at radius 1 is 0.939 bits per heavy atom. The Balaban J connectivity index is 1.15. The number of carboxylic acid groups (broad SMARTS) is 1. The summed E-state index contributed by atoms with van der Waals surface area (Å²) in [4.78, 5) is 21.5. The van der Waals surface area contributed by atoms with Crippen LogP contribution in [0.25, 0.3) is 29.3 Å². The van der Waals surface area contributed by atoms with Crippen LogP contribution in [0, 0.1) is 13.8 Å². The average Bonchev–Trinajstić information content (AvgIpc) is 3.81. The van der Waals surface area contributed by atoms with Crippen LogP contribution in [0.2, 0.25) is 0 Å². The van der Waals surface area contributed by atoms with Crippen LogP contribution < -0.4 is 14.2 Å². The first kappa shape index (κ1) is 33.2. The van der Waals surface area contributed by atoms with Crippen molar-refractivity contribution in [2.45, 2.75) is 46.8 Å². The molecule has 3 aromatic carbocycles. The number of aliphatic carboxylic acids is 1. The molecule has 0 aliphatic carbocycles. The third kappa shape index (κ3) is 8.07. The van der Waals surface area contributed by atoms with E-state index in [0.717, 1.165) is 39.5 Å². The minimum Gasteiger partial charge on any atom is -0.493 e. The van der Waals surface area contributed by atoms with Crippen molar-refractivity contribution in [2.24, 2.45) is 0 Å². The van der Waals surface area contributed by atoms with E-state index in [2.05, 4.69) is 18.8 Å². The molecule has 0 radical (unpaired) electrons. The highest BCUT2D eigenvalue weighted by molar-refractivity contribution is 7.11. The van der Waals surface area contributed by atoms with Gasteiger partial charge in [0.2, 0.25) is 11.8 Å². The molecule has 0 saturated heterocycles. The third-order valence-corrected chi connectivity index (χ3v) is 8.88. The zero-order valence-electron chi connectivity index (χ0n) is 27.7. The smallest absolute Gasteiger partial charge is 0.307 e. The molecule has 11 heteroatoms. The molecule has 0 bridgehead atoms. The molecule has 10 nitrogen and oxygen atoms in total. The van der Waals surface area contributed by atoms with Crippen LogP contribution >= 0.6 is 11.3 Å². The monoisotopic (exact) mass is 676 g/mol. The maximum atomic E-state index is 11.0. The summed E-state index contributed by atoms with van der Waals surface area (Å²) in [7, 11) is 1.59. The minimum absolute atomic E-state index is 0.0405. The number of nitrogens with zero attached hydrogens (tertiary/aromatic N) is 4. The van der Waals surface area contributed by atoms with Crippen LogP contribution in [-0.2, 0) is 30.8 Å². The third-order valence-electron chi connectivity index (χ3n) is 7.74. The van der Waals surface area contributed by atoms with Gasteiger partial charge in [-0.15, -0.1) is 16.4 Å². The number of thiazole rings is 1. The van der Waals surface area contributed by atoms with Crippen LogP contribution in [0.15, 0.2) is 83.4 Å². The Hall–Kier alpha value is -5.68. The average molecular weight is 677 g/mol. The topological polar surface area (TPSA) is 122 Å². The van der Waals surface area contributed by atoms with E-state index >= 15 is 0 Å². The number of carbonyl (C=O) groups is 1. The van der Waals surface area contributed by atoms with Crippen molar-refractivity contribution in [3.8, 4) is 34.5 Å². The van der Waals surface area contributed by atoms with Crippen molar-refractivity contribution >= 4 is 29.5 Å². The van der Waals surface area contributed by atoms with Crippen LogP contribution in [-0.4, -0.2) is 37.9 Å². The van der Waals surface area contributed by atoms with Gasteiger partial charge in [-0.1, -0.05) is 43.3 Å². The van der Waals surface area contributed by atoms with Gasteiger partial charge in [-0.05, 0) is 79.9 Å². The first-order chi connectivity index (χ1) is 23.8. The zero-order valence-corrected chi connectivity index (χ0v) is 28.5. The number of hydrogen-bond acceptors (Lipinski definition) is 9. The molecule has 0 saturated carbocycles. The second-order valence-corrected chi connectivity index (χ2v) is 12.5. The van der Waals surface area contributed by atoms with Crippen molar-refractivity contribution in [3.05, 3.63) is 123 Å². The lowest BCUT2D eigenvalue weighted by molar-refractivity contribution is -0.136. The number of aromatic nitrogens is 4. The van der Waals surface area contributed by atoms with Gasteiger partial charge in [-0.3, -0.25) is 4.79 Å². The molecule has 0 spiro atoms. The van der Waals surface area contributed by atoms with Crippen molar-refractivity contribution in [1.29, 1.82) is 0 Å². The first-order valence-electron chi connectivity index (χ1n) is 15.8. The minimum atomic E-state index is -0.879. The molecule has 0 aliphatic rings. The molecule has 3 aromatic heterocycles. The predicted octanol–water partition coefficient (Wildman–Crippen LogP) is 8.13. The van der Waals surface area contributed by atoms with E-state index in [-0.39, 0.29) is 19.6 Å². The summed E-state index contributed by atoms with van der Waals surface area (Å²) in [5.74, 6) is 1.79. The summed E-state index contributed by atoms with van der Waals surface area (Å²) in [5, 5.41) is 14.9. The molecule has 6 rings (SSSR count). The fraction of sp³-hybridized carbons (Fsp3) is 0.211. The van der Waals surface area contributed by atoms with Gasteiger partial charge in [0.05, 0.1) is 35.5 Å². The van der Waals surface area contributed by atoms with Gasteiger partial charge in [0.25, 0.3) is 0 Å². The number of oxazole rings is 1. The Bertz CT molecular complexity index is 2080. The number of ether oxygens (including phenoxy) is 3. The van der Waals surface area contributed by atoms with Gasteiger partial charge in [-0.2, -0.15) is 0 Å². The maximum Gasteiger partial charge on any atom is 0.307 e. The fourth-order valence-corrected chi connectivity index (χ4v) is 5.95. The number of para-hydroxylation sites is 1. The molecule has 49 heavy (non-hydrogen) atoms. The van der Waals surface area contributed by atoms with Crippen molar-refractivity contribution < 1.29 is 28.5 Å². The Morgan fingerprint density at radius 3 is 2.43 bits per heavy atom. The lowest BCUT2D eigenvalue weighted by Crippen LogP contribution is -2.02. The summed E-state index contributed by atoms with van der Waals surface area (Å²) in [6, 6.07) is 22.7. The van der Waals surface area contributed by atoms with Crippen molar-refractivity contribution in [3.63, 3.8) is 0 Å². The highest BCUT2D eigenvalue weighted by atomic mass is 32.1. The Labute approximate surface area is 288 Å². The normalized spacial score (nSPS) is 11.3. The number of carboxylic acids is 1. The molecule has 0 fully saturated rings. The van der Waals surface area contributed by atoms with E-state index in [1.165, 1.54) is 4.88 Å². The number of rotatable bonds is 14. The standard InChI is InChI=1S/C38H36N4O6S/c1-5-35-39-31(25(3)49-35)17-16-29-21-42(30-9-7-6-8-10-30)41-38(29)47-22-27-13-18-33(34(19-27)45-4)46-23-32-24(2)48-37(40-32)28-14-11-26(12-15-28)20-36(43)44/h6-19,21H,5,20,22-23H2,1-4H3,(H,43,44)/b17-16+. The SMILES string of the molecule is CCc1nc(/C=C/c2cn(-c3ccccc3)nc2OCc2ccc(OCc3nc(-c4ccc(CC(=O)O)cc4)oc3C)c(OC)c2)c(C)s1. The highest BCUT2D eigenvalue weighted by Gasteiger charge is 2.16. The summed E-state index contributed by atoms with van der Waals surface area (Å²) in [6.45, 7) is 6.45. The molecular formula is C38H36N4O6S. The number of aryl methyl sites for hydroxylation is 3. The highest BCUT2D eigenvalue weighted by Crippen LogP contribution is 2.31. The zero-order chi connectivity index (χ0) is 34.3. The summed E-state index contributed by atoms with van der Waals surface area (Å²) >= 11 is 1.71. The van der Waals surface area contributed by atoms with E-state index in [9.17, 15) is 4.79 Å². The summed E-state index contributed by atoms with van der Waals surface area (Å²) in [6.07, 6.45) is 6.82. The second-order valence-electron chi connectivity index (χ2n) is 11.3. The van der Waals surface area contributed by atoms with Gasteiger partial charge in [0.1, 0.15) is 24.7 Å². The van der Waals surface area contributed by atoms with Gasteiger partial charge in [0, 0.05) is 16.6 Å². The molecule has 0 unspecified atom stereocenters. The Kier molecular flexibility index (Phi) is 10.2. The summed E-state index contributed by atoms with van der Waals surface area (Å²) in [5.41, 5.74) is 5.69. The number of methoxy groups -OCH3 is 1. The van der Waals surface area contributed by atoms with E-state index in [1.54, 1.807) is 42.7 Å². The van der Waals surface area contributed by atoms with Gasteiger partial charge in [0.15, 0.2) is 11.5 Å². The van der Waals surface area contributed by atoms with Crippen molar-refractivity contribution in [2.75, 3.05) is 7.11 Å². The quantitative estimate of drug-likeness (QED) is 0.122. The summed E-state index contributed by atoms with van der Waals surface area (Å²) < 4.78 is 25.7. The van der Waals surface area contributed by atoms with E-state index < -0.39 is 5.97 Å². The maximum absolute atomic E-state index is 11.0. The molecule has 0 atom stereocenters. The van der Waals surface area contributed by atoms with Crippen LogP contribution in [0.5, 0.6) is 17.4 Å². The molecule has 0 amide bonds. The van der Waals surface area contributed by atoms with Gasteiger partial charge >= 0.3 is 5.97 Å². The number of benzene rings is 3. The Morgan fingerprint density at radius 2 is 1.71 bits per heavy atom. The van der Waals surface area contributed by atoms with Crippen LogP contribution in [0.1, 0.15) is 50.6 Å². The largest absolute Gasteiger partial charge is 0.493 e. The molecule has 6 aromatic rings. The fourth-order valence-electron chi connectivity index (χ4n) is 5.09. The predicted molar refractivity (Wildman–Crippen MR) is 188 cm³/mol. The first-order valence-corrected chi connectivity index (χ1v) is 16.6. The van der Waals surface area contributed by atoms with Gasteiger partial charge in [-0.25, -0.2) is 14.6 Å². The van der Waals surface area contributed by atoms with Crippen molar-refractivity contribution in [1.82, 2.24) is 19.7 Å². The van der Waals surface area contributed by atoms with Crippen LogP contribution in [0.4, 0.5) is 0 Å². The lowest BCUT2D eigenvalue weighted by Gasteiger charge is -2.12. The van der Waals surface area contributed by atoms with Crippen LogP contribution in [0.3, 0.4) is 0 Å². The molecule has 3 heterocycles. The van der Waals surface area contributed by atoms with E-state index in [0.29, 0.717) is 40.3 Å².